The van der Waals surface area contributed by atoms with Crippen molar-refractivity contribution in [2.75, 3.05) is 6.54 Å². The lowest BCUT2D eigenvalue weighted by molar-refractivity contribution is 0.756. The van der Waals surface area contributed by atoms with Crippen LogP contribution in [0.2, 0.25) is 5.02 Å². The number of alkyl halides is 1. The van der Waals surface area contributed by atoms with Crippen LogP contribution in [0.5, 0.6) is 0 Å². The van der Waals surface area contributed by atoms with Crippen molar-refractivity contribution in [3.05, 3.63) is 40.9 Å². The second kappa shape index (κ2) is 6.18. The zero-order valence-electron chi connectivity index (χ0n) is 9.81. The molecule has 0 aliphatic heterocycles. The Bertz CT molecular complexity index is 525. The Morgan fingerprint density at radius 2 is 2.00 bits per heavy atom. The Morgan fingerprint density at radius 1 is 1.22 bits per heavy atom. The predicted molar refractivity (Wildman–Crippen MR) is 73.3 cm³/mol. The van der Waals surface area contributed by atoms with Gasteiger partial charge in [0.25, 0.3) is 0 Å². The molecule has 0 saturated heterocycles. The molecule has 6 heteroatoms. The minimum absolute atomic E-state index is 0.308. The molecule has 2 N–H and O–H groups in total. The molecule has 1 aromatic carbocycles. The molecular formula is C12H14Cl2N4. The van der Waals surface area contributed by atoms with Crippen LogP contribution in [0.15, 0.2) is 24.3 Å². The first-order valence-electron chi connectivity index (χ1n) is 5.71. The molecule has 1 heterocycles. The summed E-state index contributed by atoms with van der Waals surface area (Å²) in [6, 6.07) is 7.54. The fourth-order valence-corrected chi connectivity index (χ4v) is 2.13. The van der Waals surface area contributed by atoms with Gasteiger partial charge in [0.05, 0.1) is 11.6 Å². The molecule has 18 heavy (non-hydrogen) atoms. The van der Waals surface area contributed by atoms with Gasteiger partial charge in [-0.25, -0.2) is 0 Å². The Balaban J connectivity index is 2.43. The highest BCUT2D eigenvalue weighted by Crippen LogP contribution is 2.19. The van der Waals surface area contributed by atoms with Crippen molar-refractivity contribution in [1.29, 1.82) is 0 Å². The van der Waals surface area contributed by atoms with Crippen molar-refractivity contribution < 1.29 is 0 Å². The maximum Gasteiger partial charge on any atom is 0.152 e. The molecule has 0 aliphatic rings. The van der Waals surface area contributed by atoms with E-state index in [1.54, 1.807) is 0 Å². The van der Waals surface area contributed by atoms with Crippen LogP contribution in [-0.2, 0) is 12.3 Å². The van der Waals surface area contributed by atoms with Crippen LogP contribution in [0.3, 0.4) is 0 Å². The third kappa shape index (κ3) is 2.83. The molecule has 0 spiro atoms. The molecule has 2 aromatic rings. The molecule has 0 saturated carbocycles. The molecule has 4 nitrogen and oxygen atoms in total. The molecule has 0 aliphatic carbocycles. The van der Waals surface area contributed by atoms with Crippen molar-refractivity contribution in [2.24, 2.45) is 5.73 Å². The number of hydrogen-bond donors (Lipinski definition) is 1. The van der Waals surface area contributed by atoms with Crippen LogP contribution in [-0.4, -0.2) is 21.3 Å². The smallest absolute Gasteiger partial charge is 0.152 e. The molecule has 0 atom stereocenters. The van der Waals surface area contributed by atoms with Crippen LogP contribution < -0.4 is 5.73 Å². The minimum Gasteiger partial charge on any atom is -0.330 e. The van der Waals surface area contributed by atoms with Crippen LogP contribution in [0, 0.1) is 0 Å². The predicted octanol–water partition coefficient (Wildman–Crippen LogP) is 2.55. The third-order valence-corrected chi connectivity index (χ3v) is 3.06. The summed E-state index contributed by atoms with van der Waals surface area (Å²) >= 11 is 11.9. The molecule has 0 amide bonds. The van der Waals surface area contributed by atoms with Gasteiger partial charge in [-0.3, -0.25) is 4.57 Å². The first-order valence-corrected chi connectivity index (χ1v) is 6.62. The quantitative estimate of drug-likeness (QED) is 0.859. The van der Waals surface area contributed by atoms with Gasteiger partial charge < -0.3 is 5.73 Å². The Hall–Kier alpha value is -1.10. The van der Waals surface area contributed by atoms with Crippen LogP contribution in [0.1, 0.15) is 18.1 Å². The minimum atomic E-state index is 0.308. The fraction of sp³-hybridized carbons (Fsp3) is 0.333. The number of aryl methyl sites for hydroxylation is 1. The first kappa shape index (κ1) is 13.3. The molecule has 0 fully saturated rings. The lowest BCUT2D eigenvalue weighted by atomic mass is 10.2. The summed E-state index contributed by atoms with van der Waals surface area (Å²) in [5, 5.41) is 8.92. The highest BCUT2D eigenvalue weighted by molar-refractivity contribution is 6.30. The average molecular weight is 285 g/mol. The lowest BCUT2D eigenvalue weighted by Gasteiger charge is -2.09. The molecule has 0 bridgehead atoms. The highest BCUT2D eigenvalue weighted by Gasteiger charge is 2.12. The Morgan fingerprint density at radius 3 is 2.67 bits per heavy atom. The monoisotopic (exact) mass is 284 g/mol. The summed E-state index contributed by atoms with van der Waals surface area (Å²) in [5.74, 6) is 1.88. The van der Waals surface area contributed by atoms with E-state index in [2.05, 4.69) is 10.2 Å². The van der Waals surface area contributed by atoms with Crippen LogP contribution >= 0.6 is 23.2 Å². The van der Waals surface area contributed by atoms with E-state index in [1.807, 2.05) is 28.8 Å². The van der Waals surface area contributed by atoms with Gasteiger partial charge in [-0.15, -0.1) is 21.8 Å². The van der Waals surface area contributed by atoms with E-state index in [4.69, 9.17) is 28.9 Å². The zero-order chi connectivity index (χ0) is 13.0. The van der Waals surface area contributed by atoms with Gasteiger partial charge in [0.2, 0.25) is 0 Å². The van der Waals surface area contributed by atoms with Crippen LogP contribution in [0.25, 0.3) is 5.69 Å². The van der Waals surface area contributed by atoms with Gasteiger partial charge in [-0.05, 0) is 31.2 Å². The standard InChI is InChI=1S/C12H14Cl2N4/c13-8-12-17-16-11(5-2-6-15)18(12)10-4-1-3-9(14)7-10/h1,3-4,7H,2,5-6,8,15H2. The number of hydrogen-bond acceptors (Lipinski definition) is 3. The topological polar surface area (TPSA) is 56.7 Å². The molecule has 2 rings (SSSR count). The van der Waals surface area contributed by atoms with E-state index in [0.717, 1.165) is 24.4 Å². The molecule has 0 unspecified atom stereocenters. The normalized spacial score (nSPS) is 10.8. The van der Waals surface area contributed by atoms with E-state index < -0.39 is 0 Å². The number of nitrogens with two attached hydrogens (primary N) is 1. The van der Waals surface area contributed by atoms with Gasteiger partial charge in [-0.2, -0.15) is 0 Å². The van der Waals surface area contributed by atoms with Crippen molar-refractivity contribution in [1.82, 2.24) is 14.8 Å². The maximum atomic E-state index is 6.01. The third-order valence-electron chi connectivity index (χ3n) is 2.59. The van der Waals surface area contributed by atoms with Gasteiger partial charge >= 0.3 is 0 Å². The summed E-state index contributed by atoms with van der Waals surface area (Å²) < 4.78 is 1.94. The average Bonchev–Trinajstić information content (AvgIpc) is 2.79. The number of halogens is 2. The zero-order valence-corrected chi connectivity index (χ0v) is 11.3. The summed E-state index contributed by atoms with van der Waals surface area (Å²) in [5.41, 5.74) is 6.45. The Labute approximate surface area is 116 Å². The fourth-order valence-electron chi connectivity index (χ4n) is 1.78. The summed E-state index contributed by atoms with van der Waals surface area (Å²) in [6.07, 6.45) is 1.63. The summed E-state index contributed by atoms with van der Waals surface area (Å²) in [7, 11) is 0. The summed E-state index contributed by atoms with van der Waals surface area (Å²) in [6.45, 7) is 0.624. The molecular weight excluding hydrogens is 271 g/mol. The largest absolute Gasteiger partial charge is 0.330 e. The maximum absolute atomic E-state index is 6.01. The van der Waals surface area contributed by atoms with E-state index in [9.17, 15) is 0 Å². The van der Waals surface area contributed by atoms with Gasteiger partial charge in [0.1, 0.15) is 5.82 Å². The Kier molecular flexibility index (Phi) is 4.58. The van der Waals surface area contributed by atoms with E-state index in [-0.39, 0.29) is 0 Å². The van der Waals surface area contributed by atoms with Gasteiger partial charge in [-0.1, -0.05) is 17.7 Å². The summed E-state index contributed by atoms with van der Waals surface area (Å²) in [4.78, 5) is 0. The molecule has 1 aromatic heterocycles. The van der Waals surface area contributed by atoms with Crippen molar-refractivity contribution in [2.45, 2.75) is 18.7 Å². The van der Waals surface area contributed by atoms with Crippen molar-refractivity contribution in [3.63, 3.8) is 0 Å². The van der Waals surface area contributed by atoms with E-state index in [1.165, 1.54) is 0 Å². The van der Waals surface area contributed by atoms with Crippen LogP contribution in [0.4, 0.5) is 0 Å². The highest BCUT2D eigenvalue weighted by atomic mass is 35.5. The second-order valence-corrected chi connectivity index (χ2v) is 4.58. The van der Waals surface area contributed by atoms with Crippen molar-refractivity contribution in [3.8, 4) is 5.69 Å². The van der Waals surface area contributed by atoms with E-state index in [0.29, 0.717) is 23.3 Å². The molecule has 96 valence electrons. The molecule has 0 radical (unpaired) electrons. The number of nitrogens with zero attached hydrogens (tertiary/aromatic N) is 3. The number of rotatable bonds is 5. The van der Waals surface area contributed by atoms with Gasteiger partial charge in [0.15, 0.2) is 5.82 Å². The van der Waals surface area contributed by atoms with E-state index >= 15 is 0 Å². The number of aromatic nitrogens is 3. The first-order chi connectivity index (χ1) is 8.76. The van der Waals surface area contributed by atoms with Gasteiger partial charge in [0, 0.05) is 11.4 Å². The SMILES string of the molecule is NCCCc1nnc(CCl)n1-c1cccc(Cl)c1. The van der Waals surface area contributed by atoms with Crippen molar-refractivity contribution >= 4 is 23.2 Å². The second-order valence-electron chi connectivity index (χ2n) is 3.87. The lowest BCUT2D eigenvalue weighted by Crippen LogP contribution is -2.07. The number of benzene rings is 1.